The van der Waals surface area contributed by atoms with E-state index in [1.54, 1.807) is 0 Å². The van der Waals surface area contributed by atoms with E-state index in [1.807, 2.05) is 12.1 Å². The Balaban J connectivity index is 1.76. The van der Waals surface area contributed by atoms with Gasteiger partial charge in [0.15, 0.2) is 0 Å². The molecule has 0 spiro atoms. The van der Waals surface area contributed by atoms with E-state index in [-0.39, 0.29) is 5.41 Å². The second kappa shape index (κ2) is 4.87. The predicted octanol–water partition coefficient (Wildman–Crippen LogP) is 4.78. The topological polar surface area (TPSA) is 0 Å². The molecule has 19 heavy (non-hydrogen) atoms. The third-order valence-corrected chi connectivity index (χ3v) is 4.43. The van der Waals surface area contributed by atoms with Crippen LogP contribution < -0.4 is 0 Å². The smallest absolute Gasteiger partial charge is 0.0310 e. The first-order chi connectivity index (χ1) is 9.18. The van der Waals surface area contributed by atoms with E-state index < -0.39 is 0 Å². The SMILES string of the molecule is C[C@@]1(c2ccccc2)C[C@H]1C#Cc1ccc(Br)cc1. The maximum atomic E-state index is 3.44. The van der Waals surface area contributed by atoms with Gasteiger partial charge in [0.25, 0.3) is 0 Å². The molecule has 0 heterocycles. The minimum Gasteiger partial charge on any atom is -0.0935 e. The van der Waals surface area contributed by atoms with Crippen molar-refractivity contribution in [1.82, 2.24) is 0 Å². The third-order valence-electron chi connectivity index (χ3n) is 3.91. The van der Waals surface area contributed by atoms with Crippen molar-refractivity contribution in [3.05, 3.63) is 70.2 Å². The molecule has 0 aromatic heterocycles. The van der Waals surface area contributed by atoms with Gasteiger partial charge >= 0.3 is 0 Å². The third kappa shape index (κ3) is 2.60. The summed E-state index contributed by atoms with van der Waals surface area (Å²) in [5.41, 5.74) is 2.75. The molecule has 0 amide bonds. The highest BCUT2D eigenvalue weighted by Crippen LogP contribution is 2.53. The number of halogens is 1. The fourth-order valence-corrected chi connectivity index (χ4v) is 2.68. The zero-order chi connectivity index (χ0) is 13.3. The Hall–Kier alpha value is -1.52. The second-order valence-corrected chi connectivity index (χ2v) is 6.23. The van der Waals surface area contributed by atoms with Crippen LogP contribution in [0.15, 0.2) is 59.1 Å². The van der Waals surface area contributed by atoms with Gasteiger partial charge in [-0.05, 0) is 36.2 Å². The van der Waals surface area contributed by atoms with E-state index in [9.17, 15) is 0 Å². The van der Waals surface area contributed by atoms with Crippen molar-refractivity contribution in [1.29, 1.82) is 0 Å². The summed E-state index contributed by atoms with van der Waals surface area (Å²) in [6.45, 7) is 2.31. The van der Waals surface area contributed by atoms with Gasteiger partial charge in [0.2, 0.25) is 0 Å². The van der Waals surface area contributed by atoms with E-state index in [1.165, 1.54) is 12.0 Å². The zero-order valence-corrected chi connectivity index (χ0v) is 12.4. The molecule has 3 rings (SSSR count). The van der Waals surface area contributed by atoms with Crippen molar-refractivity contribution >= 4 is 15.9 Å². The first kappa shape index (κ1) is 12.5. The standard InChI is InChI=1S/C18H15Br/c1-18(15-5-3-2-4-6-15)13-16(18)10-7-14-8-11-17(19)12-9-14/h2-6,8-9,11-12,16H,13H2,1H3/t16-,18+/m1/s1. The normalized spacial score (nSPS) is 24.4. The molecule has 0 saturated heterocycles. The van der Waals surface area contributed by atoms with Crippen LogP contribution in [0.5, 0.6) is 0 Å². The summed E-state index contributed by atoms with van der Waals surface area (Å²) in [5, 5.41) is 0. The number of rotatable bonds is 1. The van der Waals surface area contributed by atoms with Crippen LogP contribution in [0.4, 0.5) is 0 Å². The van der Waals surface area contributed by atoms with Crippen molar-refractivity contribution in [3.63, 3.8) is 0 Å². The fraction of sp³-hybridized carbons (Fsp3) is 0.222. The van der Waals surface area contributed by atoms with Gasteiger partial charge in [-0.25, -0.2) is 0 Å². The molecular formula is C18H15Br. The van der Waals surface area contributed by atoms with Crippen molar-refractivity contribution in [2.75, 3.05) is 0 Å². The minimum absolute atomic E-state index is 0.254. The lowest BCUT2D eigenvalue weighted by Gasteiger charge is -2.08. The van der Waals surface area contributed by atoms with Gasteiger partial charge in [0.1, 0.15) is 0 Å². The van der Waals surface area contributed by atoms with Gasteiger partial charge in [-0.2, -0.15) is 0 Å². The molecule has 1 aliphatic carbocycles. The van der Waals surface area contributed by atoms with Crippen LogP contribution in [0.3, 0.4) is 0 Å². The monoisotopic (exact) mass is 310 g/mol. The molecule has 94 valence electrons. The summed E-state index contributed by atoms with van der Waals surface area (Å²) in [6.07, 6.45) is 1.17. The molecule has 0 radical (unpaired) electrons. The van der Waals surface area contributed by atoms with Crippen LogP contribution in [0.2, 0.25) is 0 Å². The molecule has 1 saturated carbocycles. The molecule has 0 bridgehead atoms. The molecular weight excluding hydrogens is 296 g/mol. The van der Waals surface area contributed by atoms with Gasteiger partial charge in [-0.3, -0.25) is 0 Å². The Kier molecular flexibility index (Phi) is 3.21. The van der Waals surface area contributed by atoms with Crippen LogP contribution >= 0.6 is 15.9 Å². The van der Waals surface area contributed by atoms with E-state index in [0.29, 0.717) is 5.92 Å². The Morgan fingerprint density at radius 2 is 1.74 bits per heavy atom. The van der Waals surface area contributed by atoms with Crippen LogP contribution in [0.1, 0.15) is 24.5 Å². The summed E-state index contributed by atoms with van der Waals surface area (Å²) in [5.74, 6) is 7.19. The molecule has 0 aliphatic heterocycles. The Morgan fingerprint density at radius 1 is 1.05 bits per heavy atom. The molecule has 2 aromatic rings. The first-order valence-corrected chi connectivity index (χ1v) is 7.30. The number of hydrogen-bond acceptors (Lipinski definition) is 0. The summed E-state index contributed by atoms with van der Waals surface area (Å²) in [4.78, 5) is 0. The lowest BCUT2D eigenvalue weighted by Crippen LogP contribution is -2.02. The molecule has 2 aromatic carbocycles. The van der Waals surface area contributed by atoms with Gasteiger partial charge < -0.3 is 0 Å². The maximum absolute atomic E-state index is 3.44. The van der Waals surface area contributed by atoms with Crippen molar-refractivity contribution in [2.24, 2.45) is 5.92 Å². The molecule has 0 unspecified atom stereocenters. The van der Waals surface area contributed by atoms with Crippen molar-refractivity contribution in [2.45, 2.75) is 18.8 Å². The number of hydrogen-bond donors (Lipinski definition) is 0. The quantitative estimate of drug-likeness (QED) is 0.665. The lowest BCUT2D eigenvalue weighted by molar-refractivity contribution is 0.746. The van der Waals surface area contributed by atoms with E-state index in [4.69, 9.17) is 0 Å². The Labute approximate surface area is 123 Å². The second-order valence-electron chi connectivity index (χ2n) is 5.32. The lowest BCUT2D eigenvalue weighted by atomic mass is 9.96. The Bertz CT molecular complexity index is 631. The summed E-state index contributed by atoms with van der Waals surface area (Å²) in [6, 6.07) is 18.9. The highest BCUT2D eigenvalue weighted by Gasteiger charge is 2.50. The van der Waals surface area contributed by atoms with Crippen LogP contribution in [-0.4, -0.2) is 0 Å². The van der Waals surface area contributed by atoms with Gasteiger partial charge in [0, 0.05) is 21.4 Å². The van der Waals surface area contributed by atoms with Crippen LogP contribution in [0, 0.1) is 17.8 Å². The molecule has 1 fully saturated rings. The predicted molar refractivity (Wildman–Crippen MR) is 82.9 cm³/mol. The van der Waals surface area contributed by atoms with Crippen molar-refractivity contribution in [3.8, 4) is 11.8 Å². The largest absolute Gasteiger partial charge is 0.0935 e. The Morgan fingerprint density at radius 3 is 2.42 bits per heavy atom. The van der Waals surface area contributed by atoms with E-state index in [2.05, 4.69) is 77.2 Å². The average Bonchev–Trinajstić information content (AvgIpc) is 3.12. The van der Waals surface area contributed by atoms with Gasteiger partial charge in [-0.15, -0.1) is 0 Å². The van der Waals surface area contributed by atoms with Gasteiger partial charge in [-0.1, -0.05) is 65.0 Å². The molecule has 2 atom stereocenters. The molecule has 0 nitrogen and oxygen atoms in total. The maximum Gasteiger partial charge on any atom is 0.0310 e. The van der Waals surface area contributed by atoms with Crippen molar-refractivity contribution < 1.29 is 0 Å². The highest BCUT2D eigenvalue weighted by atomic mass is 79.9. The summed E-state index contributed by atoms with van der Waals surface area (Å²) in [7, 11) is 0. The molecule has 1 aliphatic rings. The average molecular weight is 311 g/mol. The van der Waals surface area contributed by atoms with Crippen LogP contribution in [-0.2, 0) is 5.41 Å². The zero-order valence-electron chi connectivity index (χ0n) is 10.9. The number of benzene rings is 2. The fourth-order valence-electron chi connectivity index (χ4n) is 2.42. The van der Waals surface area contributed by atoms with E-state index >= 15 is 0 Å². The first-order valence-electron chi connectivity index (χ1n) is 6.51. The summed E-state index contributed by atoms with van der Waals surface area (Å²) < 4.78 is 1.10. The van der Waals surface area contributed by atoms with Gasteiger partial charge in [0.05, 0.1) is 0 Å². The van der Waals surface area contributed by atoms with E-state index in [0.717, 1.165) is 10.0 Å². The highest BCUT2D eigenvalue weighted by molar-refractivity contribution is 9.10. The summed E-state index contributed by atoms with van der Waals surface area (Å²) >= 11 is 3.44. The van der Waals surface area contributed by atoms with Crippen LogP contribution in [0.25, 0.3) is 0 Å². The molecule has 0 N–H and O–H groups in total. The minimum atomic E-state index is 0.254. The molecule has 1 heteroatoms.